The molecule has 8 heavy (non-hydrogen) atoms. The summed E-state index contributed by atoms with van der Waals surface area (Å²) in [5, 5.41) is 0. The van der Waals surface area contributed by atoms with E-state index in [1.165, 1.54) is 0 Å². The molecule has 0 spiro atoms. The third kappa shape index (κ3) is 70.6. The maximum absolute atomic E-state index is 7.33. The molecule has 4 N–H and O–H groups in total. The second-order valence-electron chi connectivity index (χ2n) is 0.600. The van der Waals surface area contributed by atoms with E-state index in [1.54, 1.807) is 0 Å². The Labute approximate surface area is 107 Å². The molecule has 0 heterocycles. The minimum Gasteiger partial charge on any atom is -0.368 e. The van der Waals surface area contributed by atoms with Crippen LogP contribution in [0.25, 0.3) is 0 Å². The number of rotatable bonds is 0. The van der Waals surface area contributed by atoms with Crippen LogP contribution >= 0.6 is 0 Å². The molecule has 0 amide bonds. The molecule has 8 heteroatoms. The molecule has 0 aromatic rings. The van der Waals surface area contributed by atoms with Crippen LogP contribution < -0.4 is 0 Å². The largest absolute Gasteiger partial charge is 2.00 e. The molecule has 0 atom stereocenters. The van der Waals surface area contributed by atoms with Crippen LogP contribution in [-0.2, 0) is 19.5 Å². The summed E-state index contributed by atoms with van der Waals surface area (Å²) in [5.74, 6) is 0. The van der Waals surface area contributed by atoms with Gasteiger partial charge < -0.3 is 19.2 Å². The summed E-state index contributed by atoms with van der Waals surface area (Å²) >= 11 is 0. The first-order valence-corrected chi connectivity index (χ1v) is 2.68. The Hall–Kier alpha value is 2.71. The Bertz CT molecular complexity index is 31.5. The number of hydrogen-bond donors (Lipinski definition) is 4. The molecule has 0 aromatic carbocycles. The molecule has 0 fully saturated rings. The molecular formula is H4CaMgO4SiZn+6. The van der Waals surface area contributed by atoms with E-state index >= 15 is 0 Å². The Kier molecular flexibility index (Phi) is 27.2. The fourth-order valence-electron chi connectivity index (χ4n) is 0. The molecule has 0 aliphatic rings. The van der Waals surface area contributed by atoms with Crippen molar-refractivity contribution in [2.75, 3.05) is 0 Å². The molecule has 0 bridgehead atoms. The zero-order chi connectivity index (χ0) is 4.50. The normalized spacial score (nSPS) is 7.50. The van der Waals surface area contributed by atoms with Crippen molar-refractivity contribution >= 4 is 69.8 Å². The van der Waals surface area contributed by atoms with E-state index < -0.39 is 9.05 Å². The minimum atomic E-state index is -4.61. The van der Waals surface area contributed by atoms with Gasteiger partial charge in [0, 0.05) is 0 Å². The van der Waals surface area contributed by atoms with Gasteiger partial charge in [0.25, 0.3) is 0 Å². The fraction of sp³-hybridized carbons (Fsp3) is 0. The average Bonchev–Trinajstić information content (AvgIpc) is 0.722. The molecule has 4 nitrogen and oxygen atoms in total. The summed E-state index contributed by atoms with van der Waals surface area (Å²) in [5.41, 5.74) is 0. The summed E-state index contributed by atoms with van der Waals surface area (Å²) in [6, 6.07) is 0. The zero-order valence-electron chi connectivity index (χ0n) is 4.41. The predicted octanol–water partition coefficient (Wildman–Crippen LogP) is -3.37. The zero-order valence-corrected chi connectivity index (χ0v) is 12.0. The van der Waals surface area contributed by atoms with Crippen molar-refractivity contribution in [3.05, 3.63) is 0 Å². The first-order valence-electron chi connectivity index (χ1n) is 0.894. The Balaban J connectivity index is -0.0000000267. The molecule has 0 aliphatic carbocycles. The Morgan fingerprint density at radius 1 is 0.875 bits per heavy atom. The van der Waals surface area contributed by atoms with Crippen molar-refractivity contribution in [1.82, 2.24) is 0 Å². The van der Waals surface area contributed by atoms with Gasteiger partial charge in [0.2, 0.25) is 0 Å². The molecule has 0 saturated carbocycles. The quantitative estimate of drug-likeness (QED) is 0.325. The summed E-state index contributed by atoms with van der Waals surface area (Å²) in [7, 11) is -4.61. The summed E-state index contributed by atoms with van der Waals surface area (Å²) in [4.78, 5) is 29.3. The number of hydrogen-bond acceptors (Lipinski definition) is 4. The van der Waals surface area contributed by atoms with Crippen LogP contribution in [-0.4, -0.2) is 89.0 Å². The van der Waals surface area contributed by atoms with Gasteiger partial charge in [-0.25, -0.2) is 0 Å². The van der Waals surface area contributed by atoms with Gasteiger partial charge in [0.1, 0.15) is 0 Å². The standard InChI is InChI=1S/Ca.Mg.H4O4Si.Zn/c;;1-5(2,3)4;/h;;1-4H;/q2*+2;;+2. The van der Waals surface area contributed by atoms with Gasteiger partial charge in [-0.05, 0) is 0 Å². The van der Waals surface area contributed by atoms with Crippen molar-refractivity contribution in [2.24, 2.45) is 0 Å². The van der Waals surface area contributed by atoms with E-state index in [9.17, 15) is 0 Å². The second-order valence-corrected chi connectivity index (χ2v) is 1.80. The van der Waals surface area contributed by atoms with Gasteiger partial charge in [0.15, 0.2) is 0 Å². The topological polar surface area (TPSA) is 80.9 Å². The first kappa shape index (κ1) is 22.4. The fourth-order valence-corrected chi connectivity index (χ4v) is 0. The van der Waals surface area contributed by atoms with Crippen molar-refractivity contribution < 1.29 is 38.7 Å². The Morgan fingerprint density at radius 3 is 0.875 bits per heavy atom. The van der Waals surface area contributed by atoms with Crippen LogP contribution in [0, 0.1) is 0 Å². The molecule has 0 saturated heterocycles. The van der Waals surface area contributed by atoms with Gasteiger partial charge in [-0.1, -0.05) is 0 Å². The maximum Gasteiger partial charge on any atom is 2.00 e. The third-order valence-corrected chi connectivity index (χ3v) is 0. The van der Waals surface area contributed by atoms with E-state index in [4.69, 9.17) is 19.2 Å². The molecule has 0 radical (unpaired) electrons. The molecule has 0 aromatic heterocycles. The van der Waals surface area contributed by atoms with Crippen molar-refractivity contribution in [1.29, 1.82) is 0 Å². The van der Waals surface area contributed by atoms with Gasteiger partial charge >= 0.3 is 89.3 Å². The summed E-state index contributed by atoms with van der Waals surface area (Å²) < 4.78 is 0. The monoisotopic (exact) mass is 224 g/mol. The van der Waals surface area contributed by atoms with E-state index in [-0.39, 0.29) is 80.3 Å². The molecule has 32 valence electrons. The van der Waals surface area contributed by atoms with Crippen LogP contribution in [0.5, 0.6) is 0 Å². The Morgan fingerprint density at radius 2 is 0.875 bits per heavy atom. The van der Waals surface area contributed by atoms with E-state index in [1.807, 2.05) is 0 Å². The van der Waals surface area contributed by atoms with Crippen LogP contribution in [0.2, 0.25) is 0 Å². The van der Waals surface area contributed by atoms with Gasteiger partial charge in [-0.3, -0.25) is 0 Å². The van der Waals surface area contributed by atoms with E-state index in [0.717, 1.165) is 0 Å². The second kappa shape index (κ2) is 9.71. The van der Waals surface area contributed by atoms with E-state index in [2.05, 4.69) is 0 Å². The summed E-state index contributed by atoms with van der Waals surface area (Å²) in [6.07, 6.45) is 0. The van der Waals surface area contributed by atoms with Crippen molar-refractivity contribution in [3.63, 3.8) is 0 Å². The van der Waals surface area contributed by atoms with Gasteiger partial charge in [-0.15, -0.1) is 0 Å². The minimum absolute atomic E-state index is 0. The molecular weight excluding hydrogens is 222 g/mol. The van der Waals surface area contributed by atoms with Crippen LogP contribution in [0.3, 0.4) is 0 Å². The molecule has 0 unspecified atom stereocenters. The van der Waals surface area contributed by atoms with Crippen molar-refractivity contribution in [3.8, 4) is 0 Å². The van der Waals surface area contributed by atoms with Gasteiger partial charge in [0.05, 0.1) is 0 Å². The smallest absolute Gasteiger partial charge is 0.368 e. The van der Waals surface area contributed by atoms with Crippen LogP contribution in [0.15, 0.2) is 0 Å². The van der Waals surface area contributed by atoms with Crippen molar-refractivity contribution in [2.45, 2.75) is 0 Å². The maximum atomic E-state index is 7.33. The SMILES string of the molecule is O[Si](O)(O)O.[Ca+2].[Mg+2].[Zn+2]. The first-order chi connectivity index (χ1) is 2.00. The van der Waals surface area contributed by atoms with Crippen LogP contribution in [0.4, 0.5) is 0 Å². The van der Waals surface area contributed by atoms with Gasteiger partial charge in [-0.2, -0.15) is 0 Å². The molecule has 0 aliphatic heterocycles. The molecule has 0 rings (SSSR count). The van der Waals surface area contributed by atoms with Crippen LogP contribution in [0.1, 0.15) is 0 Å². The predicted molar refractivity (Wildman–Crippen MR) is 26.1 cm³/mol. The third-order valence-electron chi connectivity index (χ3n) is 0. The summed E-state index contributed by atoms with van der Waals surface area (Å²) in [6.45, 7) is 0. The van der Waals surface area contributed by atoms with E-state index in [0.29, 0.717) is 0 Å². The average molecular weight is 226 g/mol.